The molecule has 0 aliphatic rings. The van der Waals surface area contributed by atoms with Gasteiger partial charge in [-0.3, -0.25) is 10.1 Å². The summed E-state index contributed by atoms with van der Waals surface area (Å²) in [6.07, 6.45) is 0.202. The molecular weight excluding hydrogens is 332 g/mol. The Morgan fingerprint density at radius 1 is 1.08 bits per heavy atom. The summed E-state index contributed by atoms with van der Waals surface area (Å²) in [5.74, 6) is 0.563. The van der Waals surface area contributed by atoms with Crippen LogP contribution in [-0.2, 0) is 4.74 Å². The number of hydrogen-bond donors (Lipinski definition) is 2. The number of nitrogens with one attached hydrogen (secondary N) is 2. The number of methoxy groups -OCH3 is 1. The van der Waals surface area contributed by atoms with Crippen LogP contribution in [0.15, 0.2) is 48.5 Å². The van der Waals surface area contributed by atoms with E-state index in [1.54, 1.807) is 38.3 Å². The van der Waals surface area contributed by atoms with Crippen LogP contribution >= 0.6 is 0 Å². The lowest BCUT2D eigenvalue weighted by atomic mass is 10.0. The molecule has 2 amide bonds. The van der Waals surface area contributed by atoms with Crippen molar-refractivity contribution in [3.05, 3.63) is 59.7 Å². The SMILES string of the molecule is CCOC(=O)Nc1cccc(C(=O)NC(CC)c2ccc(OC)cc2)c1. The molecule has 0 saturated carbocycles. The maximum atomic E-state index is 12.6. The zero-order valence-electron chi connectivity index (χ0n) is 15.2. The van der Waals surface area contributed by atoms with Gasteiger partial charge in [-0.05, 0) is 49.2 Å². The van der Waals surface area contributed by atoms with Gasteiger partial charge < -0.3 is 14.8 Å². The molecule has 26 heavy (non-hydrogen) atoms. The predicted molar refractivity (Wildman–Crippen MR) is 101 cm³/mol. The molecule has 2 N–H and O–H groups in total. The molecule has 0 radical (unpaired) electrons. The Balaban J connectivity index is 2.08. The van der Waals surface area contributed by atoms with Gasteiger partial charge in [0.1, 0.15) is 5.75 Å². The van der Waals surface area contributed by atoms with Gasteiger partial charge in [-0.1, -0.05) is 25.1 Å². The van der Waals surface area contributed by atoms with E-state index in [0.717, 1.165) is 17.7 Å². The first kappa shape index (κ1) is 19.3. The van der Waals surface area contributed by atoms with Crippen LogP contribution in [-0.4, -0.2) is 25.7 Å². The molecule has 0 fully saturated rings. The van der Waals surface area contributed by atoms with Crippen LogP contribution in [0.3, 0.4) is 0 Å². The minimum absolute atomic E-state index is 0.116. The summed E-state index contributed by atoms with van der Waals surface area (Å²) in [6, 6.07) is 14.2. The van der Waals surface area contributed by atoms with Crippen LogP contribution in [0, 0.1) is 0 Å². The third-order valence-electron chi connectivity index (χ3n) is 3.88. The average Bonchev–Trinajstić information content (AvgIpc) is 2.66. The van der Waals surface area contributed by atoms with E-state index in [0.29, 0.717) is 11.3 Å². The molecule has 0 aromatic heterocycles. The Hall–Kier alpha value is -3.02. The summed E-state index contributed by atoms with van der Waals surface area (Å²) in [4.78, 5) is 24.1. The van der Waals surface area contributed by atoms with E-state index >= 15 is 0 Å². The van der Waals surface area contributed by atoms with E-state index in [2.05, 4.69) is 10.6 Å². The molecule has 0 bridgehead atoms. The summed E-state index contributed by atoms with van der Waals surface area (Å²) in [7, 11) is 1.62. The Morgan fingerprint density at radius 3 is 2.42 bits per heavy atom. The minimum Gasteiger partial charge on any atom is -0.497 e. The van der Waals surface area contributed by atoms with Crippen molar-refractivity contribution in [1.29, 1.82) is 0 Å². The second-order valence-electron chi connectivity index (χ2n) is 5.63. The van der Waals surface area contributed by atoms with Gasteiger partial charge in [0.15, 0.2) is 0 Å². The maximum absolute atomic E-state index is 12.6. The smallest absolute Gasteiger partial charge is 0.411 e. The van der Waals surface area contributed by atoms with Crippen molar-refractivity contribution in [1.82, 2.24) is 5.32 Å². The first-order chi connectivity index (χ1) is 12.6. The average molecular weight is 356 g/mol. The van der Waals surface area contributed by atoms with Crippen LogP contribution < -0.4 is 15.4 Å². The molecule has 1 atom stereocenters. The van der Waals surface area contributed by atoms with E-state index in [1.807, 2.05) is 31.2 Å². The summed E-state index contributed by atoms with van der Waals surface area (Å²) in [6.45, 7) is 4.02. The van der Waals surface area contributed by atoms with Gasteiger partial charge in [0, 0.05) is 11.3 Å². The standard InChI is InChI=1S/C20H24N2O4/c1-4-18(14-9-11-17(25-3)12-10-14)22-19(23)15-7-6-8-16(13-15)21-20(24)26-5-2/h6-13,18H,4-5H2,1-3H3,(H,21,24)(H,22,23). The highest BCUT2D eigenvalue weighted by Gasteiger charge is 2.15. The van der Waals surface area contributed by atoms with E-state index in [4.69, 9.17) is 9.47 Å². The van der Waals surface area contributed by atoms with Crippen LogP contribution in [0.5, 0.6) is 5.75 Å². The van der Waals surface area contributed by atoms with Gasteiger partial charge in [-0.15, -0.1) is 0 Å². The molecule has 6 heteroatoms. The Morgan fingerprint density at radius 2 is 1.81 bits per heavy atom. The highest BCUT2D eigenvalue weighted by atomic mass is 16.5. The van der Waals surface area contributed by atoms with Gasteiger partial charge in [0.05, 0.1) is 19.8 Å². The van der Waals surface area contributed by atoms with Crippen LogP contribution in [0.4, 0.5) is 10.5 Å². The van der Waals surface area contributed by atoms with Crippen molar-refractivity contribution in [2.24, 2.45) is 0 Å². The normalized spacial score (nSPS) is 11.3. The Kier molecular flexibility index (Phi) is 7.02. The zero-order chi connectivity index (χ0) is 18.9. The molecule has 6 nitrogen and oxygen atoms in total. The van der Waals surface area contributed by atoms with Gasteiger partial charge >= 0.3 is 6.09 Å². The number of anilines is 1. The lowest BCUT2D eigenvalue weighted by Gasteiger charge is -2.18. The summed E-state index contributed by atoms with van der Waals surface area (Å²) in [5, 5.41) is 5.61. The minimum atomic E-state index is -0.547. The molecule has 1 unspecified atom stereocenters. The predicted octanol–water partition coefficient (Wildman–Crippen LogP) is 4.14. The number of carbonyl (C=O) groups is 2. The van der Waals surface area contributed by atoms with Gasteiger partial charge in [0.25, 0.3) is 5.91 Å². The highest BCUT2D eigenvalue weighted by molar-refractivity contribution is 5.96. The van der Waals surface area contributed by atoms with E-state index in [-0.39, 0.29) is 18.6 Å². The Bertz CT molecular complexity index is 744. The first-order valence-corrected chi connectivity index (χ1v) is 8.56. The molecule has 138 valence electrons. The summed E-state index contributed by atoms with van der Waals surface area (Å²) < 4.78 is 10.0. The molecule has 0 saturated heterocycles. The molecule has 0 spiro atoms. The molecule has 2 aromatic rings. The van der Waals surface area contributed by atoms with Crippen molar-refractivity contribution < 1.29 is 19.1 Å². The monoisotopic (exact) mass is 356 g/mol. The number of benzene rings is 2. The van der Waals surface area contributed by atoms with E-state index in [1.165, 1.54) is 0 Å². The fourth-order valence-electron chi connectivity index (χ4n) is 2.52. The molecule has 2 aromatic carbocycles. The molecule has 0 aliphatic heterocycles. The lowest BCUT2D eigenvalue weighted by molar-refractivity contribution is 0.0935. The van der Waals surface area contributed by atoms with Crippen molar-refractivity contribution in [2.75, 3.05) is 19.0 Å². The third-order valence-corrected chi connectivity index (χ3v) is 3.88. The maximum Gasteiger partial charge on any atom is 0.411 e. The van der Waals surface area contributed by atoms with Gasteiger partial charge in [-0.25, -0.2) is 4.79 Å². The quantitative estimate of drug-likeness (QED) is 0.781. The fourth-order valence-corrected chi connectivity index (χ4v) is 2.52. The molecular formula is C20H24N2O4. The Labute approximate surface area is 153 Å². The number of carbonyl (C=O) groups excluding carboxylic acids is 2. The largest absolute Gasteiger partial charge is 0.497 e. The first-order valence-electron chi connectivity index (χ1n) is 8.56. The van der Waals surface area contributed by atoms with Gasteiger partial charge in [0.2, 0.25) is 0 Å². The van der Waals surface area contributed by atoms with Crippen molar-refractivity contribution in [3.63, 3.8) is 0 Å². The molecule has 0 heterocycles. The molecule has 0 aliphatic carbocycles. The topological polar surface area (TPSA) is 76.7 Å². The van der Waals surface area contributed by atoms with Crippen LogP contribution in [0.1, 0.15) is 42.2 Å². The second kappa shape index (κ2) is 9.46. The van der Waals surface area contributed by atoms with Crippen molar-refractivity contribution >= 4 is 17.7 Å². The second-order valence-corrected chi connectivity index (χ2v) is 5.63. The van der Waals surface area contributed by atoms with E-state index < -0.39 is 6.09 Å². The van der Waals surface area contributed by atoms with E-state index in [9.17, 15) is 9.59 Å². The van der Waals surface area contributed by atoms with Crippen LogP contribution in [0.25, 0.3) is 0 Å². The zero-order valence-corrected chi connectivity index (χ0v) is 15.2. The number of rotatable bonds is 7. The van der Waals surface area contributed by atoms with Gasteiger partial charge in [-0.2, -0.15) is 0 Å². The number of hydrogen-bond acceptors (Lipinski definition) is 4. The third kappa shape index (κ3) is 5.24. The summed E-state index contributed by atoms with van der Waals surface area (Å²) in [5.41, 5.74) is 1.97. The summed E-state index contributed by atoms with van der Waals surface area (Å²) >= 11 is 0. The highest BCUT2D eigenvalue weighted by Crippen LogP contribution is 2.21. The fraction of sp³-hybridized carbons (Fsp3) is 0.300. The number of amides is 2. The molecule has 2 rings (SSSR count). The number of ether oxygens (including phenoxy) is 2. The van der Waals surface area contributed by atoms with Crippen molar-refractivity contribution in [3.8, 4) is 5.75 Å². The lowest BCUT2D eigenvalue weighted by Crippen LogP contribution is -2.28. The van der Waals surface area contributed by atoms with Crippen molar-refractivity contribution in [2.45, 2.75) is 26.3 Å². The van der Waals surface area contributed by atoms with Crippen LogP contribution in [0.2, 0.25) is 0 Å².